The zero-order chi connectivity index (χ0) is 29.0. The van der Waals surface area contributed by atoms with Crippen LogP contribution < -0.4 is 4.74 Å². The van der Waals surface area contributed by atoms with Gasteiger partial charge in [-0.05, 0) is 42.7 Å². The molecule has 0 saturated heterocycles. The van der Waals surface area contributed by atoms with Gasteiger partial charge in [-0.3, -0.25) is 4.57 Å². The molecule has 0 radical (unpaired) electrons. The van der Waals surface area contributed by atoms with E-state index >= 15 is 0 Å². The highest BCUT2D eigenvalue weighted by atomic mass is 16.5. The molecule has 4 nitrogen and oxygen atoms in total. The van der Waals surface area contributed by atoms with Crippen molar-refractivity contribution in [3.8, 4) is 45.3 Å². The highest BCUT2D eigenvalue weighted by molar-refractivity contribution is 6.10. The summed E-state index contributed by atoms with van der Waals surface area (Å²) in [4.78, 5) is 10.3. The summed E-state index contributed by atoms with van der Waals surface area (Å²) in [6.07, 6.45) is 7.00. The molecule has 2 aliphatic rings. The Labute approximate surface area is 255 Å². The van der Waals surface area contributed by atoms with Crippen LogP contribution in [0.2, 0.25) is 0 Å². The molecule has 5 aromatic carbocycles. The Bertz CT molecular complexity index is 2160. The molecule has 2 aromatic heterocycles. The molecule has 210 valence electrons. The lowest BCUT2D eigenvalue weighted by atomic mass is 9.87. The van der Waals surface area contributed by atoms with Crippen molar-refractivity contribution in [1.29, 1.82) is 0 Å². The molecular weight excluding hydrogens is 538 g/mol. The van der Waals surface area contributed by atoms with Gasteiger partial charge in [-0.1, -0.05) is 115 Å². The van der Waals surface area contributed by atoms with Gasteiger partial charge in [-0.15, -0.1) is 0 Å². The summed E-state index contributed by atoms with van der Waals surface area (Å²) in [7, 11) is 0. The molecule has 1 aliphatic carbocycles. The number of allylic oxidation sites excluding steroid dienone is 1. The third kappa shape index (κ3) is 3.99. The van der Waals surface area contributed by atoms with Crippen molar-refractivity contribution in [2.75, 3.05) is 0 Å². The quantitative estimate of drug-likeness (QED) is 0.199. The molecular formula is C40H29N3O. The summed E-state index contributed by atoms with van der Waals surface area (Å²) in [6, 6.07) is 44.7. The van der Waals surface area contributed by atoms with Crippen LogP contribution in [-0.2, 0) is 0 Å². The third-order valence-electron chi connectivity index (χ3n) is 9.07. The molecule has 0 spiro atoms. The lowest BCUT2D eigenvalue weighted by Gasteiger charge is -2.19. The van der Waals surface area contributed by atoms with Crippen LogP contribution in [0.3, 0.4) is 0 Å². The van der Waals surface area contributed by atoms with E-state index in [1.807, 2.05) is 12.1 Å². The summed E-state index contributed by atoms with van der Waals surface area (Å²) < 4.78 is 8.81. The largest absolute Gasteiger partial charge is 0.488 e. The van der Waals surface area contributed by atoms with Crippen molar-refractivity contribution in [1.82, 2.24) is 14.5 Å². The minimum absolute atomic E-state index is 0.231. The monoisotopic (exact) mass is 567 g/mol. The number of para-hydroxylation sites is 2. The van der Waals surface area contributed by atoms with E-state index in [1.165, 1.54) is 16.3 Å². The highest BCUT2D eigenvalue weighted by Crippen LogP contribution is 2.48. The van der Waals surface area contributed by atoms with E-state index in [2.05, 4.69) is 132 Å². The smallest absolute Gasteiger partial charge is 0.235 e. The van der Waals surface area contributed by atoms with Crippen molar-refractivity contribution in [2.45, 2.75) is 24.9 Å². The Hall–Kier alpha value is -5.48. The van der Waals surface area contributed by atoms with E-state index in [9.17, 15) is 0 Å². The minimum atomic E-state index is 0.231. The second kappa shape index (κ2) is 10.1. The Morgan fingerprint density at radius 2 is 1.32 bits per heavy atom. The second-order valence-corrected chi connectivity index (χ2v) is 11.7. The SMILES string of the molecule is C1=CC2c3cccc(-c4ccc5c(c4)c4ccccc4n5-c4nc(-c5ccccc5)cc(-c5ccccc5)n4)c3OC2CC1. The van der Waals surface area contributed by atoms with Gasteiger partial charge in [0.05, 0.1) is 22.4 Å². The molecule has 0 saturated carbocycles. The van der Waals surface area contributed by atoms with Gasteiger partial charge in [0.15, 0.2) is 0 Å². The van der Waals surface area contributed by atoms with Crippen LogP contribution in [0.15, 0.2) is 140 Å². The van der Waals surface area contributed by atoms with Crippen molar-refractivity contribution >= 4 is 21.8 Å². The van der Waals surface area contributed by atoms with E-state index in [1.54, 1.807) is 0 Å². The van der Waals surface area contributed by atoms with Gasteiger partial charge in [-0.2, -0.15) is 0 Å². The van der Waals surface area contributed by atoms with Crippen LogP contribution in [-0.4, -0.2) is 20.6 Å². The molecule has 9 rings (SSSR count). The van der Waals surface area contributed by atoms with Crippen molar-refractivity contribution in [3.05, 3.63) is 145 Å². The van der Waals surface area contributed by atoms with E-state index in [0.29, 0.717) is 11.9 Å². The highest BCUT2D eigenvalue weighted by Gasteiger charge is 2.35. The first-order valence-corrected chi connectivity index (χ1v) is 15.3. The zero-order valence-corrected chi connectivity index (χ0v) is 24.1. The van der Waals surface area contributed by atoms with Crippen LogP contribution in [0.4, 0.5) is 0 Å². The molecule has 7 aromatic rings. The van der Waals surface area contributed by atoms with Crippen molar-refractivity contribution < 1.29 is 4.74 Å². The summed E-state index contributed by atoms with van der Waals surface area (Å²) in [6.45, 7) is 0. The maximum absolute atomic E-state index is 6.60. The summed E-state index contributed by atoms with van der Waals surface area (Å²) in [5.74, 6) is 2.03. The minimum Gasteiger partial charge on any atom is -0.488 e. The lowest BCUT2D eigenvalue weighted by Crippen LogP contribution is -2.19. The molecule has 3 heterocycles. The van der Waals surface area contributed by atoms with Crippen LogP contribution in [0.5, 0.6) is 5.75 Å². The van der Waals surface area contributed by atoms with Gasteiger partial charge in [0.2, 0.25) is 5.95 Å². The number of nitrogens with zero attached hydrogens (tertiary/aromatic N) is 3. The number of aromatic nitrogens is 3. The van der Waals surface area contributed by atoms with E-state index in [-0.39, 0.29) is 6.10 Å². The van der Waals surface area contributed by atoms with Crippen LogP contribution >= 0.6 is 0 Å². The van der Waals surface area contributed by atoms with Crippen molar-refractivity contribution in [2.24, 2.45) is 0 Å². The normalized spacial score (nSPS) is 17.0. The Morgan fingerprint density at radius 3 is 2.09 bits per heavy atom. The summed E-state index contributed by atoms with van der Waals surface area (Å²) >= 11 is 0. The summed E-state index contributed by atoms with van der Waals surface area (Å²) in [5.41, 5.74) is 9.66. The molecule has 0 amide bonds. The number of hydrogen-bond donors (Lipinski definition) is 0. The van der Waals surface area contributed by atoms with Crippen LogP contribution in [0, 0.1) is 0 Å². The topological polar surface area (TPSA) is 39.9 Å². The molecule has 4 heteroatoms. The van der Waals surface area contributed by atoms with E-state index < -0.39 is 0 Å². The first kappa shape index (κ1) is 25.1. The molecule has 2 unspecified atom stereocenters. The Morgan fingerprint density at radius 1 is 0.614 bits per heavy atom. The van der Waals surface area contributed by atoms with Gasteiger partial charge >= 0.3 is 0 Å². The van der Waals surface area contributed by atoms with E-state index in [4.69, 9.17) is 14.7 Å². The standard InChI is InChI=1S/C40H29N3O/c1-3-12-26(13-4-1)34-25-35(27-14-5-2-6-15-27)42-40(41-34)43-36-20-9-7-16-30(36)33-24-28(22-23-37(33)43)29-18-11-19-32-31-17-8-10-21-38(31)44-39(29)32/h1-9,11-20,22-25,31,38H,10,21H2. The number of fused-ring (bicyclic) bond motifs is 6. The first-order chi connectivity index (χ1) is 21.8. The van der Waals surface area contributed by atoms with E-state index in [0.717, 1.165) is 63.3 Å². The molecule has 44 heavy (non-hydrogen) atoms. The number of benzene rings is 5. The average Bonchev–Trinajstić information content (AvgIpc) is 3.64. The third-order valence-corrected chi connectivity index (χ3v) is 9.07. The lowest BCUT2D eigenvalue weighted by molar-refractivity contribution is 0.205. The molecule has 1 aliphatic heterocycles. The van der Waals surface area contributed by atoms with Crippen LogP contribution in [0.25, 0.3) is 61.4 Å². The van der Waals surface area contributed by atoms with Gasteiger partial charge in [0, 0.05) is 38.9 Å². The molecule has 0 bridgehead atoms. The van der Waals surface area contributed by atoms with Gasteiger partial charge in [0.1, 0.15) is 11.9 Å². The molecule has 0 fully saturated rings. The van der Waals surface area contributed by atoms with Gasteiger partial charge in [-0.25, -0.2) is 9.97 Å². The Kier molecular flexibility index (Phi) is 5.73. The fourth-order valence-electron chi connectivity index (χ4n) is 6.97. The number of rotatable bonds is 4. The number of hydrogen-bond acceptors (Lipinski definition) is 3. The molecule has 0 N–H and O–H groups in total. The van der Waals surface area contributed by atoms with Gasteiger partial charge < -0.3 is 4.74 Å². The fraction of sp³-hybridized carbons (Fsp3) is 0.100. The van der Waals surface area contributed by atoms with Gasteiger partial charge in [0.25, 0.3) is 0 Å². The maximum Gasteiger partial charge on any atom is 0.235 e. The molecule has 2 atom stereocenters. The predicted octanol–water partition coefficient (Wildman–Crippen LogP) is 9.77. The zero-order valence-electron chi connectivity index (χ0n) is 24.1. The fourth-order valence-corrected chi connectivity index (χ4v) is 6.97. The number of ether oxygens (including phenoxy) is 1. The first-order valence-electron chi connectivity index (χ1n) is 15.3. The Balaban J connectivity index is 1.25. The summed E-state index contributed by atoms with van der Waals surface area (Å²) in [5, 5.41) is 2.34. The van der Waals surface area contributed by atoms with Crippen LogP contribution in [0.1, 0.15) is 24.3 Å². The second-order valence-electron chi connectivity index (χ2n) is 11.7. The van der Waals surface area contributed by atoms with Crippen molar-refractivity contribution in [3.63, 3.8) is 0 Å². The maximum atomic E-state index is 6.60. The predicted molar refractivity (Wildman–Crippen MR) is 178 cm³/mol. The average molecular weight is 568 g/mol.